The fraction of sp³-hybridized carbons (Fsp3) is 0.625. The Hall–Kier alpha value is -1.96. The van der Waals surface area contributed by atoms with Crippen LogP contribution >= 0.6 is 15.9 Å². The average molecular weight is 507 g/mol. The maximum absolute atomic E-state index is 13.9. The first-order valence-electron chi connectivity index (χ1n) is 11.6. The standard InChI is InChI=1S/C24H32BrFN4O2/c1-23(2,26)21-28-20(29-32-21)10-4-3-5-13-30(19-9-6-8-17(25)14-19)22(31)27-18-15-24(16-18)11-7-12-24/h6,8-9,14,18H,3-5,7,10-13,15-16H2,1-2H3,(H,27,31). The van der Waals surface area contributed by atoms with Crippen LogP contribution in [-0.2, 0) is 12.1 Å². The summed E-state index contributed by atoms with van der Waals surface area (Å²) in [5.74, 6) is 0.548. The van der Waals surface area contributed by atoms with Crippen LogP contribution < -0.4 is 10.2 Å². The van der Waals surface area contributed by atoms with Gasteiger partial charge in [0.05, 0.1) is 0 Å². The number of benzene rings is 1. The minimum Gasteiger partial charge on any atom is -0.336 e. The lowest BCUT2D eigenvalue weighted by Gasteiger charge is -2.54. The van der Waals surface area contributed by atoms with Gasteiger partial charge in [0.25, 0.3) is 5.89 Å². The molecule has 1 aromatic heterocycles. The lowest BCUT2D eigenvalue weighted by molar-refractivity contribution is 0.00256. The van der Waals surface area contributed by atoms with Gasteiger partial charge in [-0.1, -0.05) is 40.0 Å². The molecular weight excluding hydrogens is 475 g/mol. The number of urea groups is 1. The highest BCUT2D eigenvalue weighted by atomic mass is 79.9. The van der Waals surface area contributed by atoms with Crippen LogP contribution in [-0.4, -0.2) is 28.8 Å². The molecule has 0 radical (unpaired) electrons. The van der Waals surface area contributed by atoms with Crippen molar-refractivity contribution in [2.45, 2.75) is 83.3 Å². The second-order valence-corrected chi connectivity index (χ2v) is 10.8. The molecule has 0 bridgehead atoms. The molecule has 1 aromatic carbocycles. The van der Waals surface area contributed by atoms with E-state index in [1.54, 1.807) is 0 Å². The van der Waals surface area contributed by atoms with Crippen LogP contribution in [0.2, 0.25) is 0 Å². The molecule has 0 aliphatic heterocycles. The number of rotatable bonds is 9. The van der Waals surface area contributed by atoms with Gasteiger partial charge in [-0.15, -0.1) is 0 Å². The van der Waals surface area contributed by atoms with Gasteiger partial charge in [-0.05, 0) is 76.0 Å². The van der Waals surface area contributed by atoms with Gasteiger partial charge in [0.1, 0.15) is 0 Å². The van der Waals surface area contributed by atoms with Gasteiger partial charge >= 0.3 is 6.03 Å². The van der Waals surface area contributed by atoms with Crippen LogP contribution in [0.3, 0.4) is 0 Å². The van der Waals surface area contributed by atoms with E-state index < -0.39 is 5.67 Å². The Morgan fingerprint density at radius 1 is 1.31 bits per heavy atom. The van der Waals surface area contributed by atoms with E-state index in [-0.39, 0.29) is 11.9 Å². The number of hydrogen-bond acceptors (Lipinski definition) is 4. The number of nitrogens with one attached hydrogen (secondary N) is 1. The number of halogens is 2. The Labute approximate surface area is 197 Å². The predicted molar refractivity (Wildman–Crippen MR) is 125 cm³/mol. The van der Waals surface area contributed by atoms with Gasteiger partial charge in [-0.25, -0.2) is 9.18 Å². The number of carbonyl (C=O) groups is 1. The summed E-state index contributed by atoms with van der Waals surface area (Å²) < 4.78 is 19.8. The second kappa shape index (κ2) is 9.49. The van der Waals surface area contributed by atoms with E-state index in [0.717, 1.165) is 42.3 Å². The van der Waals surface area contributed by atoms with E-state index in [4.69, 9.17) is 4.52 Å². The number of anilines is 1. The van der Waals surface area contributed by atoms with Crippen molar-refractivity contribution in [2.75, 3.05) is 11.4 Å². The normalized spacial score (nSPS) is 17.6. The molecule has 1 N–H and O–H groups in total. The molecular formula is C24H32BrFN4O2. The van der Waals surface area contributed by atoms with Crippen LogP contribution in [0.4, 0.5) is 14.9 Å². The van der Waals surface area contributed by atoms with E-state index in [0.29, 0.717) is 30.2 Å². The molecule has 2 aliphatic carbocycles. The monoisotopic (exact) mass is 506 g/mol. The topological polar surface area (TPSA) is 71.3 Å². The van der Waals surface area contributed by atoms with Gasteiger partial charge in [0.15, 0.2) is 11.5 Å². The molecule has 0 unspecified atom stereocenters. The quantitative estimate of drug-likeness (QED) is 0.405. The van der Waals surface area contributed by atoms with Crippen LogP contribution in [0.1, 0.15) is 76.9 Å². The number of amides is 2. The van der Waals surface area contributed by atoms with E-state index in [2.05, 4.69) is 31.4 Å². The van der Waals surface area contributed by atoms with Crippen molar-refractivity contribution in [1.82, 2.24) is 15.5 Å². The predicted octanol–water partition coefficient (Wildman–Crippen LogP) is 6.30. The molecule has 0 saturated heterocycles. The largest absolute Gasteiger partial charge is 0.336 e. The van der Waals surface area contributed by atoms with Crippen LogP contribution in [0.25, 0.3) is 0 Å². The number of nitrogens with zero attached hydrogens (tertiary/aromatic N) is 3. The van der Waals surface area contributed by atoms with Gasteiger partial charge in [-0.2, -0.15) is 4.98 Å². The fourth-order valence-electron chi connectivity index (χ4n) is 4.74. The van der Waals surface area contributed by atoms with Crippen molar-refractivity contribution in [3.63, 3.8) is 0 Å². The molecule has 2 amide bonds. The summed E-state index contributed by atoms with van der Waals surface area (Å²) in [5.41, 5.74) is -0.199. The first-order chi connectivity index (χ1) is 15.2. The number of unbranched alkanes of at least 4 members (excludes halogenated alkanes) is 2. The van der Waals surface area contributed by atoms with E-state index in [1.807, 2.05) is 29.2 Å². The molecule has 1 spiro atoms. The van der Waals surface area contributed by atoms with Gasteiger partial charge < -0.3 is 9.84 Å². The summed E-state index contributed by atoms with van der Waals surface area (Å²) in [6.07, 6.45) is 9.46. The number of aromatic nitrogens is 2. The minimum absolute atomic E-state index is 0.0182. The highest BCUT2D eigenvalue weighted by Crippen LogP contribution is 2.55. The molecule has 2 aliphatic rings. The fourth-order valence-corrected chi connectivity index (χ4v) is 5.13. The highest BCUT2D eigenvalue weighted by molar-refractivity contribution is 9.10. The zero-order chi connectivity index (χ0) is 22.8. The van der Waals surface area contributed by atoms with Crippen molar-refractivity contribution in [3.05, 3.63) is 40.5 Å². The maximum Gasteiger partial charge on any atom is 0.322 e. The first-order valence-corrected chi connectivity index (χ1v) is 12.4. The first kappa shape index (κ1) is 23.2. The summed E-state index contributed by atoms with van der Waals surface area (Å²) in [6, 6.07) is 8.14. The molecule has 6 nitrogen and oxygen atoms in total. The van der Waals surface area contributed by atoms with Crippen molar-refractivity contribution in [1.29, 1.82) is 0 Å². The summed E-state index contributed by atoms with van der Waals surface area (Å²) in [5, 5.41) is 7.11. The third kappa shape index (κ3) is 5.50. The zero-order valence-electron chi connectivity index (χ0n) is 18.9. The van der Waals surface area contributed by atoms with Crippen molar-refractivity contribution in [2.24, 2.45) is 5.41 Å². The molecule has 2 saturated carbocycles. The van der Waals surface area contributed by atoms with Crippen LogP contribution in [0.5, 0.6) is 0 Å². The van der Waals surface area contributed by atoms with E-state index in [9.17, 15) is 9.18 Å². The summed E-state index contributed by atoms with van der Waals surface area (Å²) in [7, 11) is 0. The van der Waals surface area contributed by atoms with Crippen molar-refractivity contribution in [3.8, 4) is 0 Å². The Morgan fingerprint density at radius 3 is 2.72 bits per heavy atom. The highest BCUT2D eigenvalue weighted by Gasteiger charge is 2.48. The third-order valence-electron chi connectivity index (χ3n) is 6.72. The Balaban J connectivity index is 1.27. The summed E-state index contributed by atoms with van der Waals surface area (Å²) >= 11 is 3.51. The van der Waals surface area contributed by atoms with Gasteiger partial charge in [0.2, 0.25) is 0 Å². The van der Waals surface area contributed by atoms with Crippen molar-refractivity contribution >= 4 is 27.6 Å². The SMILES string of the molecule is CC(C)(F)c1nc(CCCCCN(C(=O)NC2CC3(CCC3)C2)c2cccc(Br)c2)no1. The lowest BCUT2D eigenvalue weighted by atomic mass is 9.54. The van der Waals surface area contributed by atoms with E-state index in [1.165, 1.54) is 33.1 Å². The summed E-state index contributed by atoms with van der Waals surface area (Å²) in [6.45, 7) is 3.44. The Morgan fingerprint density at radius 2 is 2.09 bits per heavy atom. The minimum atomic E-state index is -1.62. The molecule has 4 rings (SSSR count). The summed E-state index contributed by atoms with van der Waals surface area (Å²) in [4.78, 5) is 19.1. The Bertz CT molecular complexity index is 930. The van der Waals surface area contributed by atoms with Crippen LogP contribution in [0.15, 0.2) is 33.3 Å². The number of carbonyl (C=O) groups excluding carboxylic acids is 1. The lowest BCUT2D eigenvalue weighted by Crippen LogP contribution is -2.56. The third-order valence-corrected chi connectivity index (χ3v) is 7.22. The van der Waals surface area contributed by atoms with Crippen molar-refractivity contribution < 1.29 is 13.7 Å². The van der Waals surface area contributed by atoms with Gasteiger partial charge in [-0.3, -0.25) is 4.90 Å². The molecule has 2 fully saturated rings. The van der Waals surface area contributed by atoms with E-state index >= 15 is 0 Å². The van der Waals surface area contributed by atoms with Gasteiger partial charge in [0, 0.05) is 29.2 Å². The number of hydrogen-bond donors (Lipinski definition) is 1. The second-order valence-electron chi connectivity index (χ2n) is 9.84. The molecule has 1 heterocycles. The number of alkyl halides is 1. The smallest absolute Gasteiger partial charge is 0.322 e. The molecule has 0 atom stereocenters. The molecule has 2 aromatic rings. The Kier molecular flexibility index (Phi) is 6.89. The van der Waals surface area contributed by atoms with Crippen LogP contribution in [0, 0.1) is 5.41 Å². The zero-order valence-corrected chi connectivity index (χ0v) is 20.5. The molecule has 32 heavy (non-hydrogen) atoms. The maximum atomic E-state index is 13.9. The molecule has 8 heteroatoms. The number of aryl methyl sites for hydroxylation is 1. The average Bonchev–Trinajstić information content (AvgIpc) is 3.15. The molecule has 174 valence electrons.